The smallest absolute Gasteiger partial charge is 0.251 e. The van der Waals surface area contributed by atoms with Crippen molar-refractivity contribution in [2.24, 2.45) is 0 Å². The quantitative estimate of drug-likeness (QED) is 0.859. The van der Waals surface area contributed by atoms with E-state index in [9.17, 15) is 4.79 Å². The average molecular weight is 299 g/mol. The van der Waals surface area contributed by atoms with E-state index in [0.717, 1.165) is 11.1 Å². The number of carbonyl (C=O) groups excluding carboxylic acids is 1. The molecule has 0 spiro atoms. The number of carbonyl (C=O) groups is 1. The van der Waals surface area contributed by atoms with Crippen molar-refractivity contribution in [3.05, 3.63) is 48.3 Å². The molecule has 1 amide bonds. The standard InChI is InChI=1S/C16H17N3O3/c1-11(9-15(20)19-16-17-7-4-8-18-16)13-6-5-12(21-2)10-14(13)22-3/h4-10H,1-3H3,(H,17,18,19,20)/b11-9+. The molecule has 0 unspecified atom stereocenters. The second-order valence-corrected chi connectivity index (χ2v) is 4.46. The zero-order valence-corrected chi connectivity index (χ0v) is 12.7. The summed E-state index contributed by atoms with van der Waals surface area (Å²) in [4.78, 5) is 19.9. The van der Waals surface area contributed by atoms with Crippen LogP contribution in [0.15, 0.2) is 42.7 Å². The fourth-order valence-corrected chi connectivity index (χ4v) is 1.91. The number of rotatable bonds is 5. The molecule has 114 valence electrons. The van der Waals surface area contributed by atoms with Gasteiger partial charge in [0.05, 0.1) is 14.2 Å². The number of benzene rings is 1. The van der Waals surface area contributed by atoms with E-state index in [0.29, 0.717) is 11.5 Å². The summed E-state index contributed by atoms with van der Waals surface area (Å²) in [6, 6.07) is 7.10. The van der Waals surface area contributed by atoms with Crippen LogP contribution in [-0.4, -0.2) is 30.1 Å². The molecule has 22 heavy (non-hydrogen) atoms. The fraction of sp³-hybridized carbons (Fsp3) is 0.188. The summed E-state index contributed by atoms with van der Waals surface area (Å²) in [7, 11) is 3.16. The lowest BCUT2D eigenvalue weighted by Gasteiger charge is -2.10. The van der Waals surface area contributed by atoms with Gasteiger partial charge in [-0.3, -0.25) is 10.1 Å². The van der Waals surface area contributed by atoms with Gasteiger partial charge in [-0.05, 0) is 30.7 Å². The van der Waals surface area contributed by atoms with Gasteiger partial charge in [0.15, 0.2) is 0 Å². The molecule has 1 N–H and O–H groups in total. The van der Waals surface area contributed by atoms with Crippen LogP contribution < -0.4 is 14.8 Å². The molecule has 2 aromatic rings. The predicted molar refractivity (Wildman–Crippen MR) is 83.9 cm³/mol. The maximum Gasteiger partial charge on any atom is 0.251 e. The molecule has 1 heterocycles. The van der Waals surface area contributed by atoms with E-state index in [1.54, 1.807) is 38.7 Å². The van der Waals surface area contributed by atoms with E-state index in [1.165, 1.54) is 6.08 Å². The molecular weight excluding hydrogens is 282 g/mol. The van der Waals surface area contributed by atoms with Gasteiger partial charge in [-0.2, -0.15) is 0 Å². The molecule has 0 fully saturated rings. The Morgan fingerprint density at radius 1 is 1.18 bits per heavy atom. The summed E-state index contributed by atoms with van der Waals surface area (Å²) in [5, 5.41) is 2.60. The third-order valence-electron chi connectivity index (χ3n) is 2.98. The van der Waals surface area contributed by atoms with Gasteiger partial charge in [-0.25, -0.2) is 9.97 Å². The lowest BCUT2D eigenvalue weighted by molar-refractivity contribution is -0.111. The van der Waals surface area contributed by atoms with Gasteiger partial charge in [0, 0.05) is 30.1 Å². The van der Waals surface area contributed by atoms with E-state index >= 15 is 0 Å². The summed E-state index contributed by atoms with van der Waals surface area (Å²) < 4.78 is 10.5. The molecule has 0 aliphatic rings. The van der Waals surface area contributed by atoms with Gasteiger partial charge in [-0.15, -0.1) is 0 Å². The van der Waals surface area contributed by atoms with Crippen LogP contribution in [-0.2, 0) is 4.79 Å². The van der Waals surface area contributed by atoms with E-state index in [2.05, 4.69) is 15.3 Å². The Hall–Kier alpha value is -2.89. The monoisotopic (exact) mass is 299 g/mol. The summed E-state index contributed by atoms with van der Waals surface area (Å²) >= 11 is 0. The molecule has 0 radical (unpaired) electrons. The van der Waals surface area contributed by atoms with Crippen LogP contribution in [0.2, 0.25) is 0 Å². The molecule has 6 nitrogen and oxygen atoms in total. The van der Waals surface area contributed by atoms with Crippen molar-refractivity contribution < 1.29 is 14.3 Å². The van der Waals surface area contributed by atoms with E-state index in [1.807, 2.05) is 19.1 Å². The maximum atomic E-state index is 12.0. The van der Waals surface area contributed by atoms with Crippen molar-refractivity contribution in [2.45, 2.75) is 6.92 Å². The molecule has 0 aliphatic carbocycles. The third kappa shape index (κ3) is 3.82. The first kappa shape index (κ1) is 15.5. The van der Waals surface area contributed by atoms with Gasteiger partial charge in [0.25, 0.3) is 5.91 Å². The minimum absolute atomic E-state index is 0.262. The fourth-order valence-electron chi connectivity index (χ4n) is 1.91. The molecule has 1 aromatic heterocycles. The second kappa shape index (κ2) is 7.21. The first-order valence-electron chi connectivity index (χ1n) is 6.62. The Bertz CT molecular complexity index is 684. The van der Waals surface area contributed by atoms with Gasteiger partial charge in [0.1, 0.15) is 11.5 Å². The van der Waals surface area contributed by atoms with E-state index < -0.39 is 0 Å². The SMILES string of the molecule is COc1ccc(/C(C)=C/C(=O)Nc2ncccn2)c(OC)c1. The molecule has 0 bridgehead atoms. The number of nitrogens with zero attached hydrogens (tertiary/aromatic N) is 2. The Morgan fingerprint density at radius 3 is 2.55 bits per heavy atom. The number of anilines is 1. The molecule has 6 heteroatoms. The molecule has 2 rings (SSSR count). The van der Waals surface area contributed by atoms with Gasteiger partial charge < -0.3 is 9.47 Å². The first-order valence-corrected chi connectivity index (χ1v) is 6.62. The highest BCUT2D eigenvalue weighted by Crippen LogP contribution is 2.29. The normalized spacial score (nSPS) is 11.0. The van der Waals surface area contributed by atoms with Gasteiger partial charge in [0.2, 0.25) is 5.95 Å². The Labute approximate surface area is 128 Å². The van der Waals surface area contributed by atoms with Crippen LogP contribution >= 0.6 is 0 Å². The number of hydrogen-bond acceptors (Lipinski definition) is 5. The van der Waals surface area contributed by atoms with Crippen LogP contribution in [0.3, 0.4) is 0 Å². The lowest BCUT2D eigenvalue weighted by Crippen LogP contribution is -2.11. The second-order valence-electron chi connectivity index (χ2n) is 4.46. The highest BCUT2D eigenvalue weighted by atomic mass is 16.5. The summed E-state index contributed by atoms with van der Waals surface area (Å²) in [6.45, 7) is 1.83. The van der Waals surface area contributed by atoms with Crippen LogP contribution in [0, 0.1) is 0 Å². The van der Waals surface area contributed by atoms with E-state index in [-0.39, 0.29) is 11.9 Å². The number of amides is 1. The van der Waals surface area contributed by atoms with Crippen molar-refractivity contribution in [3.63, 3.8) is 0 Å². The van der Waals surface area contributed by atoms with Gasteiger partial charge in [-0.1, -0.05) is 0 Å². The Balaban J connectivity index is 2.19. The van der Waals surface area contributed by atoms with Crippen LogP contribution in [0.4, 0.5) is 5.95 Å². The molecular formula is C16H17N3O3. The maximum absolute atomic E-state index is 12.0. The zero-order valence-electron chi connectivity index (χ0n) is 12.7. The largest absolute Gasteiger partial charge is 0.497 e. The highest BCUT2D eigenvalue weighted by molar-refractivity contribution is 6.03. The predicted octanol–water partition coefficient (Wildman–Crippen LogP) is 2.54. The number of ether oxygens (including phenoxy) is 2. The van der Waals surface area contributed by atoms with Crippen LogP contribution in [0.25, 0.3) is 5.57 Å². The number of allylic oxidation sites excluding steroid dienone is 1. The molecule has 0 aliphatic heterocycles. The molecule has 1 aromatic carbocycles. The van der Waals surface area contributed by atoms with Crippen molar-refractivity contribution >= 4 is 17.4 Å². The molecule has 0 atom stereocenters. The summed E-state index contributed by atoms with van der Waals surface area (Å²) in [5.41, 5.74) is 1.57. The van der Waals surface area contributed by atoms with Crippen molar-refractivity contribution in [2.75, 3.05) is 19.5 Å². The first-order chi connectivity index (χ1) is 10.6. The van der Waals surface area contributed by atoms with E-state index in [4.69, 9.17) is 9.47 Å². The third-order valence-corrected chi connectivity index (χ3v) is 2.98. The number of aromatic nitrogens is 2. The lowest BCUT2D eigenvalue weighted by atomic mass is 10.1. The zero-order chi connectivity index (χ0) is 15.9. The topological polar surface area (TPSA) is 73.3 Å². The summed E-state index contributed by atoms with van der Waals surface area (Å²) in [6.07, 6.45) is 4.60. The van der Waals surface area contributed by atoms with Crippen LogP contribution in [0.5, 0.6) is 11.5 Å². The van der Waals surface area contributed by atoms with Crippen LogP contribution in [0.1, 0.15) is 12.5 Å². The number of methoxy groups -OCH3 is 2. The van der Waals surface area contributed by atoms with Crippen molar-refractivity contribution in [3.8, 4) is 11.5 Å². The Morgan fingerprint density at radius 2 is 1.91 bits per heavy atom. The minimum atomic E-state index is -0.304. The van der Waals surface area contributed by atoms with Crippen molar-refractivity contribution in [1.29, 1.82) is 0 Å². The van der Waals surface area contributed by atoms with Crippen molar-refractivity contribution in [1.82, 2.24) is 9.97 Å². The molecule has 0 saturated carbocycles. The minimum Gasteiger partial charge on any atom is -0.497 e. The average Bonchev–Trinajstić information content (AvgIpc) is 2.54. The molecule has 0 saturated heterocycles. The van der Waals surface area contributed by atoms with Gasteiger partial charge >= 0.3 is 0 Å². The number of hydrogen-bond donors (Lipinski definition) is 1. The highest BCUT2D eigenvalue weighted by Gasteiger charge is 2.09. The summed E-state index contributed by atoms with van der Waals surface area (Å²) in [5.74, 6) is 1.28. The Kier molecular flexibility index (Phi) is 5.08. The number of nitrogens with one attached hydrogen (secondary N) is 1.